The van der Waals surface area contributed by atoms with E-state index in [9.17, 15) is 0 Å². The predicted octanol–water partition coefficient (Wildman–Crippen LogP) is 1.65. The van der Waals surface area contributed by atoms with Gasteiger partial charge in [0.2, 0.25) is 0 Å². The molecule has 1 unspecified atom stereocenters. The molecule has 0 fully saturated rings. The molecule has 2 N–H and O–H groups in total. The molecular formula is C14H15N5. The molecule has 0 aliphatic rings. The van der Waals surface area contributed by atoms with Crippen molar-refractivity contribution >= 4 is 0 Å². The molecule has 1 aromatic carbocycles. The number of nitrogens with zero attached hydrogens (tertiary/aromatic N) is 4. The molecule has 19 heavy (non-hydrogen) atoms. The van der Waals surface area contributed by atoms with Gasteiger partial charge in [0.25, 0.3) is 0 Å². The van der Waals surface area contributed by atoms with E-state index in [2.05, 4.69) is 10.2 Å². The Balaban J connectivity index is 1.92. The smallest absolute Gasteiger partial charge is 0.0915 e. The van der Waals surface area contributed by atoms with E-state index in [1.807, 2.05) is 60.4 Å². The Bertz CT molecular complexity index is 668. The van der Waals surface area contributed by atoms with Crippen LogP contribution >= 0.6 is 0 Å². The zero-order valence-electron chi connectivity index (χ0n) is 10.6. The molecule has 96 valence electrons. The second-order valence-electron chi connectivity index (χ2n) is 4.38. The molecule has 5 nitrogen and oxygen atoms in total. The van der Waals surface area contributed by atoms with E-state index in [0.29, 0.717) is 0 Å². The van der Waals surface area contributed by atoms with Crippen molar-refractivity contribution in [2.24, 2.45) is 12.8 Å². The lowest BCUT2D eigenvalue weighted by molar-refractivity contribution is 0.657. The molecule has 0 amide bonds. The number of aryl methyl sites for hydroxylation is 1. The van der Waals surface area contributed by atoms with Gasteiger partial charge in [0.15, 0.2) is 0 Å². The first-order valence-electron chi connectivity index (χ1n) is 6.10. The van der Waals surface area contributed by atoms with Gasteiger partial charge >= 0.3 is 0 Å². The highest BCUT2D eigenvalue weighted by Gasteiger charge is 2.15. The first-order chi connectivity index (χ1) is 9.25. The normalized spacial score (nSPS) is 12.5. The summed E-state index contributed by atoms with van der Waals surface area (Å²) in [4.78, 5) is 0. The predicted molar refractivity (Wildman–Crippen MR) is 72.8 cm³/mol. The first kappa shape index (κ1) is 11.7. The quantitative estimate of drug-likeness (QED) is 0.772. The monoisotopic (exact) mass is 253 g/mol. The molecule has 0 aliphatic heterocycles. The Hall–Kier alpha value is -2.40. The molecule has 2 heterocycles. The van der Waals surface area contributed by atoms with Crippen molar-refractivity contribution in [1.82, 2.24) is 19.6 Å². The third kappa shape index (κ3) is 2.15. The van der Waals surface area contributed by atoms with Gasteiger partial charge < -0.3 is 5.73 Å². The second-order valence-corrected chi connectivity index (χ2v) is 4.38. The number of hydrogen-bond acceptors (Lipinski definition) is 3. The molecule has 0 saturated heterocycles. The minimum atomic E-state index is -0.266. The molecule has 0 aliphatic carbocycles. The highest BCUT2D eigenvalue weighted by atomic mass is 15.3. The Morgan fingerprint density at radius 1 is 1.11 bits per heavy atom. The summed E-state index contributed by atoms with van der Waals surface area (Å²) < 4.78 is 3.60. The van der Waals surface area contributed by atoms with Gasteiger partial charge in [-0.1, -0.05) is 18.2 Å². The lowest BCUT2D eigenvalue weighted by atomic mass is 10.1. The molecular weight excluding hydrogens is 238 g/mol. The fourth-order valence-corrected chi connectivity index (χ4v) is 2.07. The largest absolute Gasteiger partial charge is 0.318 e. The first-order valence-corrected chi connectivity index (χ1v) is 6.10. The molecule has 0 bridgehead atoms. The minimum absolute atomic E-state index is 0.266. The number of nitrogens with two attached hydrogens (primary N) is 1. The van der Waals surface area contributed by atoms with Gasteiger partial charge in [-0.15, -0.1) is 0 Å². The zero-order chi connectivity index (χ0) is 13.2. The lowest BCUT2D eigenvalue weighted by Crippen LogP contribution is -2.16. The van der Waals surface area contributed by atoms with Gasteiger partial charge in [0, 0.05) is 19.4 Å². The summed E-state index contributed by atoms with van der Waals surface area (Å²) in [6.07, 6.45) is 3.66. The van der Waals surface area contributed by atoms with Gasteiger partial charge in [-0.05, 0) is 24.3 Å². The third-order valence-corrected chi connectivity index (χ3v) is 3.13. The maximum Gasteiger partial charge on any atom is 0.0915 e. The van der Waals surface area contributed by atoms with Gasteiger partial charge in [0.1, 0.15) is 0 Å². The van der Waals surface area contributed by atoms with E-state index in [1.165, 1.54) is 0 Å². The maximum absolute atomic E-state index is 6.22. The highest BCUT2D eigenvalue weighted by Crippen LogP contribution is 2.18. The summed E-state index contributed by atoms with van der Waals surface area (Å²) in [7, 11) is 1.88. The number of para-hydroxylation sites is 1. The average molecular weight is 253 g/mol. The SMILES string of the molecule is Cn1nccc1C(N)c1ccn(-c2ccccc2)n1. The van der Waals surface area contributed by atoms with Crippen molar-refractivity contribution in [3.63, 3.8) is 0 Å². The van der Waals surface area contributed by atoms with Crippen LogP contribution in [-0.4, -0.2) is 19.6 Å². The fourth-order valence-electron chi connectivity index (χ4n) is 2.07. The van der Waals surface area contributed by atoms with Crippen LogP contribution in [0, 0.1) is 0 Å². The highest BCUT2D eigenvalue weighted by molar-refractivity contribution is 5.31. The Kier molecular flexibility index (Phi) is 2.89. The molecule has 0 radical (unpaired) electrons. The molecule has 0 saturated carbocycles. The van der Waals surface area contributed by atoms with Gasteiger partial charge in [-0.25, -0.2) is 4.68 Å². The van der Waals surface area contributed by atoms with E-state index in [1.54, 1.807) is 10.9 Å². The van der Waals surface area contributed by atoms with Crippen LogP contribution in [0.5, 0.6) is 0 Å². The van der Waals surface area contributed by atoms with E-state index in [4.69, 9.17) is 5.73 Å². The van der Waals surface area contributed by atoms with Crippen molar-refractivity contribution in [3.05, 3.63) is 66.2 Å². The standard InChI is InChI=1S/C14H15N5/c1-18-13(7-9-16-18)14(15)12-8-10-19(17-12)11-5-3-2-4-6-11/h2-10,14H,15H2,1H3. The topological polar surface area (TPSA) is 61.7 Å². The number of benzene rings is 1. The maximum atomic E-state index is 6.22. The summed E-state index contributed by atoms with van der Waals surface area (Å²) in [6, 6.07) is 13.5. The van der Waals surface area contributed by atoms with Crippen LogP contribution in [0.25, 0.3) is 5.69 Å². The Labute approximate surface area is 111 Å². The van der Waals surface area contributed by atoms with Crippen LogP contribution in [0.4, 0.5) is 0 Å². The van der Waals surface area contributed by atoms with Crippen LogP contribution in [0.3, 0.4) is 0 Å². The van der Waals surface area contributed by atoms with Crippen LogP contribution in [-0.2, 0) is 7.05 Å². The van der Waals surface area contributed by atoms with Crippen LogP contribution < -0.4 is 5.73 Å². The fraction of sp³-hybridized carbons (Fsp3) is 0.143. The molecule has 3 rings (SSSR count). The van der Waals surface area contributed by atoms with E-state index < -0.39 is 0 Å². The average Bonchev–Trinajstić information content (AvgIpc) is 3.08. The molecule has 1 atom stereocenters. The number of rotatable bonds is 3. The van der Waals surface area contributed by atoms with Gasteiger partial charge in [-0.3, -0.25) is 4.68 Å². The Morgan fingerprint density at radius 3 is 2.58 bits per heavy atom. The summed E-state index contributed by atoms with van der Waals surface area (Å²) in [6.45, 7) is 0. The summed E-state index contributed by atoms with van der Waals surface area (Å²) >= 11 is 0. The van der Waals surface area contributed by atoms with Gasteiger partial charge in [0.05, 0.1) is 23.1 Å². The molecule has 3 aromatic rings. The second kappa shape index (κ2) is 4.70. The Morgan fingerprint density at radius 2 is 1.89 bits per heavy atom. The van der Waals surface area contributed by atoms with Crippen molar-refractivity contribution in [2.75, 3.05) is 0 Å². The summed E-state index contributed by atoms with van der Waals surface area (Å²) in [5.41, 5.74) is 9.00. The van der Waals surface area contributed by atoms with Gasteiger partial charge in [-0.2, -0.15) is 10.2 Å². The van der Waals surface area contributed by atoms with E-state index >= 15 is 0 Å². The lowest BCUT2D eigenvalue weighted by Gasteiger charge is -2.09. The molecule has 5 heteroatoms. The van der Waals surface area contributed by atoms with Crippen LogP contribution in [0.2, 0.25) is 0 Å². The van der Waals surface area contributed by atoms with Crippen molar-refractivity contribution in [1.29, 1.82) is 0 Å². The van der Waals surface area contributed by atoms with Crippen molar-refractivity contribution in [2.45, 2.75) is 6.04 Å². The van der Waals surface area contributed by atoms with Crippen molar-refractivity contribution in [3.8, 4) is 5.69 Å². The minimum Gasteiger partial charge on any atom is -0.318 e. The van der Waals surface area contributed by atoms with Crippen molar-refractivity contribution < 1.29 is 0 Å². The van der Waals surface area contributed by atoms with E-state index in [-0.39, 0.29) is 6.04 Å². The summed E-state index contributed by atoms with van der Waals surface area (Å²) in [5, 5.41) is 8.66. The number of hydrogen-bond donors (Lipinski definition) is 1. The third-order valence-electron chi connectivity index (χ3n) is 3.13. The van der Waals surface area contributed by atoms with Crippen LogP contribution in [0.15, 0.2) is 54.9 Å². The molecule has 2 aromatic heterocycles. The van der Waals surface area contributed by atoms with E-state index in [0.717, 1.165) is 17.1 Å². The number of aromatic nitrogens is 4. The zero-order valence-corrected chi connectivity index (χ0v) is 10.6. The van der Waals surface area contributed by atoms with Crippen LogP contribution in [0.1, 0.15) is 17.4 Å². The summed E-state index contributed by atoms with van der Waals surface area (Å²) in [5.74, 6) is 0. The molecule has 0 spiro atoms.